The van der Waals surface area contributed by atoms with Crippen LogP contribution in [0.1, 0.15) is 28.8 Å². The maximum Gasteiger partial charge on any atom is 0.341 e. The fourth-order valence-corrected chi connectivity index (χ4v) is 4.15. The van der Waals surface area contributed by atoms with Gasteiger partial charge in [0, 0.05) is 11.4 Å². The number of rotatable bonds is 4. The summed E-state index contributed by atoms with van der Waals surface area (Å²) < 4.78 is 19.1. The third-order valence-corrected chi connectivity index (χ3v) is 5.62. The van der Waals surface area contributed by atoms with Crippen LogP contribution in [0, 0.1) is 17.1 Å². The van der Waals surface area contributed by atoms with E-state index in [1.54, 1.807) is 6.07 Å². The Labute approximate surface area is 175 Å². The number of piperidine rings is 1. The molecule has 1 saturated heterocycles. The summed E-state index contributed by atoms with van der Waals surface area (Å²) in [6.07, 6.45) is 0.656. The Kier molecular flexibility index (Phi) is 6.17. The number of hydrogen-bond donors (Lipinski definition) is 3. The molecule has 0 saturated carbocycles. The van der Waals surface area contributed by atoms with Crippen LogP contribution < -0.4 is 16.8 Å². The van der Waals surface area contributed by atoms with Crippen molar-refractivity contribution in [3.8, 4) is 16.5 Å². The van der Waals surface area contributed by atoms with E-state index in [0.717, 1.165) is 17.4 Å². The monoisotopic (exact) mass is 431 g/mol. The Morgan fingerprint density at radius 3 is 2.73 bits per heavy atom. The first-order chi connectivity index (χ1) is 14.3. The fourth-order valence-electron chi connectivity index (χ4n) is 3.10. The van der Waals surface area contributed by atoms with E-state index >= 15 is 0 Å². The molecule has 1 unspecified atom stereocenters. The number of nitrogens with two attached hydrogens (primary N) is 2. The minimum Gasteiger partial charge on any atom is -0.457 e. The first-order valence-electron chi connectivity index (χ1n) is 8.94. The first kappa shape index (κ1) is 21.1. The van der Waals surface area contributed by atoms with Crippen LogP contribution in [-0.4, -0.2) is 42.1 Å². The molecule has 1 atom stereocenters. The highest BCUT2D eigenvalue weighted by Crippen LogP contribution is 2.37. The van der Waals surface area contributed by atoms with Crippen LogP contribution in [-0.2, 0) is 4.74 Å². The molecule has 1 aromatic carbocycles. The average Bonchev–Trinajstić information content (AvgIpc) is 3.11. The Hall–Kier alpha value is -3.65. The van der Waals surface area contributed by atoms with Crippen molar-refractivity contribution in [3.63, 3.8) is 0 Å². The molecule has 1 aliphatic rings. The number of esters is 1. The molecule has 3 rings (SSSR count). The van der Waals surface area contributed by atoms with Crippen molar-refractivity contribution < 1.29 is 23.5 Å². The minimum atomic E-state index is -0.869. The molecule has 4 amide bonds. The summed E-state index contributed by atoms with van der Waals surface area (Å²) >= 11 is 1.03. The number of urea groups is 2. The lowest BCUT2D eigenvalue weighted by Crippen LogP contribution is -2.46. The van der Waals surface area contributed by atoms with Crippen molar-refractivity contribution in [2.24, 2.45) is 11.5 Å². The molecule has 1 aromatic heterocycles. The third-order valence-electron chi connectivity index (χ3n) is 4.52. The molecule has 11 heteroatoms. The van der Waals surface area contributed by atoms with Gasteiger partial charge in [-0.3, -0.25) is 5.32 Å². The summed E-state index contributed by atoms with van der Waals surface area (Å²) in [6, 6.07) is 5.72. The van der Waals surface area contributed by atoms with Crippen molar-refractivity contribution in [2.75, 3.05) is 18.4 Å². The molecule has 5 N–H and O–H groups in total. The third kappa shape index (κ3) is 4.66. The van der Waals surface area contributed by atoms with Crippen LogP contribution in [0.2, 0.25) is 0 Å². The van der Waals surface area contributed by atoms with E-state index in [-0.39, 0.29) is 22.7 Å². The lowest BCUT2D eigenvalue weighted by Gasteiger charge is -2.31. The van der Waals surface area contributed by atoms with Gasteiger partial charge in [-0.2, -0.15) is 5.26 Å². The number of nitriles is 1. The molecule has 0 spiro atoms. The molecule has 2 heterocycles. The highest BCUT2D eigenvalue weighted by atomic mass is 32.1. The van der Waals surface area contributed by atoms with Crippen molar-refractivity contribution in [3.05, 3.63) is 41.2 Å². The zero-order valence-corrected chi connectivity index (χ0v) is 16.5. The van der Waals surface area contributed by atoms with E-state index in [4.69, 9.17) is 21.5 Å². The second-order valence-corrected chi connectivity index (χ2v) is 7.66. The average molecular weight is 431 g/mol. The topological polar surface area (TPSA) is 152 Å². The number of carbonyl (C=O) groups is 3. The number of nitrogens with one attached hydrogen (secondary N) is 1. The number of primary amides is 2. The molecule has 156 valence electrons. The van der Waals surface area contributed by atoms with Crippen molar-refractivity contribution in [1.82, 2.24) is 4.90 Å². The lowest BCUT2D eigenvalue weighted by molar-refractivity contribution is 0.0129. The van der Waals surface area contributed by atoms with Gasteiger partial charge < -0.3 is 21.1 Å². The summed E-state index contributed by atoms with van der Waals surface area (Å²) in [4.78, 5) is 37.4. The smallest absolute Gasteiger partial charge is 0.341 e. The van der Waals surface area contributed by atoms with Gasteiger partial charge >= 0.3 is 18.0 Å². The number of benzene rings is 1. The number of halogens is 1. The predicted octanol–water partition coefficient (Wildman–Crippen LogP) is 2.62. The predicted molar refractivity (Wildman–Crippen MR) is 107 cm³/mol. The van der Waals surface area contributed by atoms with E-state index in [2.05, 4.69) is 5.32 Å². The van der Waals surface area contributed by atoms with Crippen LogP contribution in [0.25, 0.3) is 10.4 Å². The van der Waals surface area contributed by atoms with Crippen LogP contribution in [0.5, 0.6) is 0 Å². The Bertz CT molecular complexity index is 1050. The Morgan fingerprint density at radius 1 is 1.30 bits per heavy atom. The minimum absolute atomic E-state index is 0.0628. The fraction of sp³-hybridized carbons (Fsp3) is 0.263. The molecule has 30 heavy (non-hydrogen) atoms. The highest BCUT2D eigenvalue weighted by Gasteiger charge is 2.27. The Morgan fingerprint density at radius 2 is 2.07 bits per heavy atom. The number of anilines is 1. The maximum absolute atomic E-state index is 13.6. The van der Waals surface area contributed by atoms with Gasteiger partial charge in [0.1, 0.15) is 23.0 Å². The van der Waals surface area contributed by atoms with Gasteiger partial charge in [0.25, 0.3) is 0 Å². The molecule has 2 aromatic rings. The van der Waals surface area contributed by atoms with Crippen molar-refractivity contribution in [1.29, 1.82) is 5.26 Å². The van der Waals surface area contributed by atoms with Gasteiger partial charge in [0.05, 0.1) is 17.7 Å². The summed E-state index contributed by atoms with van der Waals surface area (Å²) in [5, 5.41) is 11.6. The second-order valence-electron chi connectivity index (χ2n) is 6.60. The van der Waals surface area contributed by atoms with E-state index in [9.17, 15) is 18.8 Å². The molecule has 0 radical (unpaired) electrons. The van der Waals surface area contributed by atoms with Gasteiger partial charge in [0.2, 0.25) is 0 Å². The number of amides is 4. The molecular formula is C19H18FN5O4S. The standard InChI is InChI=1S/C19H18FN5O4S/c20-14-4-3-10(6-11(14)8-21)15-7-13(16(30-15)24-18(22)27)17(26)29-12-2-1-5-25(9-12)19(23)28/h3-4,6-7,12H,1-2,5,9H2,(H2,23,28)(H3,22,24,27). The van der Waals surface area contributed by atoms with Crippen LogP contribution in [0.3, 0.4) is 0 Å². The largest absolute Gasteiger partial charge is 0.457 e. The number of thiophene rings is 1. The first-order valence-corrected chi connectivity index (χ1v) is 9.75. The number of hydrogen-bond acceptors (Lipinski definition) is 6. The van der Waals surface area contributed by atoms with Gasteiger partial charge in [-0.1, -0.05) is 6.07 Å². The normalized spacial score (nSPS) is 15.9. The van der Waals surface area contributed by atoms with Gasteiger partial charge in [-0.15, -0.1) is 11.3 Å². The number of ether oxygens (including phenoxy) is 1. The molecule has 0 bridgehead atoms. The van der Waals surface area contributed by atoms with Gasteiger partial charge in [-0.05, 0) is 36.6 Å². The molecule has 9 nitrogen and oxygen atoms in total. The molecular weight excluding hydrogens is 413 g/mol. The Balaban J connectivity index is 1.88. The van der Waals surface area contributed by atoms with Crippen molar-refractivity contribution in [2.45, 2.75) is 18.9 Å². The highest BCUT2D eigenvalue weighted by molar-refractivity contribution is 7.20. The van der Waals surface area contributed by atoms with Crippen molar-refractivity contribution >= 4 is 34.4 Å². The summed E-state index contributed by atoms with van der Waals surface area (Å²) in [5.74, 6) is -1.37. The summed E-state index contributed by atoms with van der Waals surface area (Å²) in [6.45, 7) is 0.673. The lowest BCUT2D eigenvalue weighted by atomic mass is 10.1. The SMILES string of the molecule is N#Cc1cc(-c2cc(C(=O)OC3CCCN(C(N)=O)C3)c(NC(N)=O)s2)ccc1F. The number of nitrogens with zero attached hydrogens (tertiary/aromatic N) is 2. The van der Waals surface area contributed by atoms with E-state index in [1.807, 2.05) is 0 Å². The second kappa shape index (κ2) is 8.79. The quantitative estimate of drug-likeness (QED) is 0.636. The zero-order chi connectivity index (χ0) is 21.8. The zero-order valence-electron chi connectivity index (χ0n) is 15.7. The maximum atomic E-state index is 13.6. The van der Waals surface area contributed by atoms with Gasteiger partial charge in [0.15, 0.2) is 0 Å². The van der Waals surface area contributed by atoms with E-state index in [1.165, 1.54) is 23.1 Å². The van der Waals surface area contributed by atoms with E-state index in [0.29, 0.717) is 29.8 Å². The van der Waals surface area contributed by atoms with Gasteiger partial charge in [-0.25, -0.2) is 18.8 Å². The molecule has 0 aliphatic carbocycles. The van der Waals surface area contributed by atoms with Crippen LogP contribution in [0.4, 0.5) is 19.0 Å². The molecule has 1 aliphatic heterocycles. The summed E-state index contributed by atoms with van der Waals surface area (Å²) in [7, 11) is 0. The molecule has 1 fully saturated rings. The number of carbonyl (C=O) groups excluding carboxylic acids is 3. The van der Waals surface area contributed by atoms with Crippen LogP contribution >= 0.6 is 11.3 Å². The van der Waals surface area contributed by atoms with Crippen LogP contribution in [0.15, 0.2) is 24.3 Å². The summed E-state index contributed by atoms with van der Waals surface area (Å²) in [5.41, 5.74) is 10.9. The number of likely N-dealkylation sites (tertiary alicyclic amines) is 1. The van der Waals surface area contributed by atoms with E-state index < -0.39 is 30.0 Å².